The van der Waals surface area contributed by atoms with E-state index in [-0.39, 0.29) is 5.97 Å². The average molecular weight is 227 g/mol. The lowest BCUT2D eigenvalue weighted by atomic mass is 10.1. The molecule has 0 unspecified atom stereocenters. The van der Waals surface area contributed by atoms with Crippen LogP contribution in [0.2, 0.25) is 0 Å². The van der Waals surface area contributed by atoms with Crippen LogP contribution in [0.3, 0.4) is 0 Å². The summed E-state index contributed by atoms with van der Waals surface area (Å²) >= 11 is 0. The van der Waals surface area contributed by atoms with Gasteiger partial charge in [0.2, 0.25) is 0 Å². The molecule has 0 aromatic heterocycles. The van der Waals surface area contributed by atoms with Crippen molar-refractivity contribution >= 4 is 5.97 Å². The van der Waals surface area contributed by atoms with Crippen LogP contribution < -0.4 is 0 Å². The number of esters is 1. The molecule has 3 nitrogen and oxygen atoms in total. The van der Waals surface area contributed by atoms with E-state index in [4.69, 9.17) is 4.74 Å². The zero-order chi connectivity index (χ0) is 12.0. The minimum absolute atomic E-state index is 0.0740. The van der Waals surface area contributed by atoms with Crippen LogP contribution in [-0.2, 0) is 9.53 Å². The summed E-state index contributed by atoms with van der Waals surface area (Å²) in [4.78, 5) is 13.8. The molecular formula is C13H25NO2. The molecule has 1 aliphatic rings. The third-order valence-corrected chi connectivity index (χ3v) is 3.08. The Balaban J connectivity index is 2.45. The minimum atomic E-state index is -0.0740. The summed E-state index contributed by atoms with van der Waals surface area (Å²) in [5.41, 5.74) is 0. The normalized spacial score (nSPS) is 17.3. The maximum atomic E-state index is 11.5. The molecule has 0 N–H and O–H groups in total. The number of rotatable bonds is 6. The highest BCUT2D eigenvalue weighted by Gasteiger charge is 2.25. The summed E-state index contributed by atoms with van der Waals surface area (Å²) in [7, 11) is 0. The fraction of sp³-hybridized carbons (Fsp3) is 0.923. The molecule has 16 heavy (non-hydrogen) atoms. The lowest BCUT2D eigenvalue weighted by Gasteiger charge is -2.29. The lowest BCUT2D eigenvalue weighted by molar-refractivity contribution is -0.145. The van der Waals surface area contributed by atoms with Gasteiger partial charge in [-0.1, -0.05) is 26.7 Å². The molecule has 0 aliphatic heterocycles. The zero-order valence-electron chi connectivity index (χ0n) is 10.9. The number of ether oxygens (including phenoxy) is 1. The van der Waals surface area contributed by atoms with Gasteiger partial charge in [0.1, 0.15) is 0 Å². The predicted molar refractivity (Wildman–Crippen MR) is 65.3 cm³/mol. The molecule has 0 atom stereocenters. The smallest absolute Gasteiger partial charge is 0.320 e. The summed E-state index contributed by atoms with van der Waals surface area (Å²) in [5.74, 6) is 0.532. The van der Waals surface area contributed by atoms with Crippen LogP contribution in [-0.4, -0.2) is 36.6 Å². The van der Waals surface area contributed by atoms with E-state index in [0.717, 1.165) is 6.54 Å². The second kappa shape index (κ2) is 6.89. The Morgan fingerprint density at radius 3 is 2.50 bits per heavy atom. The van der Waals surface area contributed by atoms with Gasteiger partial charge >= 0.3 is 5.97 Å². The summed E-state index contributed by atoms with van der Waals surface area (Å²) in [5, 5.41) is 0. The average Bonchev–Trinajstić information content (AvgIpc) is 2.68. The van der Waals surface area contributed by atoms with E-state index in [1.54, 1.807) is 0 Å². The Labute approximate surface area is 99.1 Å². The van der Waals surface area contributed by atoms with Gasteiger partial charge in [-0.05, 0) is 25.7 Å². The predicted octanol–water partition coefficient (Wildman–Crippen LogP) is 2.45. The van der Waals surface area contributed by atoms with Crippen molar-refractivity contribution in [2.45, 2.75) is 52.5 Å². The lowest BCUT2D eigenvalue weighted by Crippen LogP contribution is -2.40. The van der Waals surface area contributed by atoms with Crippen LogP contribution in [0.5, 0.6) is 0 Å². The summed E-state index contributed by atoms with van der Waals surface area (Å²) in [6.07, 6.45) is 5.10. The Hall–Kier alpha value is -0.570. The number of carbonyl (C=O) groups is 1. The molecule has 0 radical (unpaired) electrons. The van der Waals surface area contributed by atoms with Crippen molar-refractivity contribution in [3.8, 4) is 0 Å². The van der Waals surface area contributed by atoms with E-state index >= 15 is 0 Å². The van der Waals surface area contributed by atoms with Crippen molar-refractivity contribution in [3.05, 3.63) is 0 Å². The van der Waals surface area contributed by atoms with Crippen LogP contribution in [0, 0.1) is 5.92 Å². The molecule has 0 aromatic carbocycles. The monoisotopic (exact) mass is 227 g/mol. The summed E-state index contributed by atoms with van der Waals surface area (Å²) < 4.78 is 5.03. The molecule has 1 fully saturated rings. The van der Waals surface area contributed by atoms with Crippen LogP contribution in [0.15, 0.2) is 0 Å². The highest BCUT2D eigenvalue weighted by molar-refractivity contribution is 5.71. The van der Waals surface area contributed by atoms with Crippen molar-refractivity contribution in [3.63, 3.8) is 0 Å². The fourth-order valence-corrected chi connectivity index (χ4v) is 2.45. The molecule has 0 saturated heterocycles. The number of hydrogen-bond donors (Lipinski definition) is 0. The van der Waals surface area contributed by atoms with Crippen LogP contribution in [0.1, 0.15) is 46.5 Å². The van der Waals surface area contributed by atoms with E-state index in [0.29, 0.717) is 25.1 Å². The van der Waals surface area contributed by atoms with Gasteiger partial charge in [0.15, 0.2) is 0 Å². The molecule has 1 saturated carbocycles. The molecule has 94 valence electrons. The Morgan fingerprint density at radius 2 is 2.00 bits per heavy atom. The highest BCUT2D eigenvalue weighted by Crippen LogP contribution is 2.24. The van der Waals surface area contributed by atoms with Gasteiger partial charge in [0.25, 0.3) is 0 Å². The van der Waals surface area contributed by atoms with Crippen molar-refractivity contribution in [1.29, 1.82) is 0 Å². The second-order valence-corrected chi connectivity index (χ2v) is 5.07. The molecular weight excluding hydrogens is 202 g/mol. The second-order valence-electron chi connectivity index (χ2n) is 5.07. The first-order valence-electron chi connectivity index (χ1n) is 6.53. The van der Waals surface area contributed by atoms with Gasteiger partial charge < -0.3 is 4.74 Å². The van der Waals surface area contributed by atoms with E-state index in [1.807, 2.05) is 6.92 Å². The summed E-state index contributed by atoms with van der Waals surface area (Å²) in [6, 6.07) is 0.604. The van der Waals surface area contributed by atoms with E-state index in [2.05, 4.69) is 18.7 Å². The molecule has 3 heteroatoms. The van der Waals surface area contributed by atoms with Crippen molar-refractivity contribution in [2.24, 2.45) is 5.92 Å². The first-order valence-corrected chi connectivity index (χ1v) is 6.53. The molecule has 1 aliphatic carbocycles. The van der Waals surface area contributed by atoms with Gasteiger partial charge in [0, 0.05) is 12.6 Å². The van der Waals surface area contributed by atoms with Gasteiger partial charge in [-0.3, -0.25) is 9.69 Å². The summed E-state index contributed by atoms with van der Waals surface area (Å²) in [6.45, 7) is 8.22. The van der Waals surface area contributed by atoms with Crippen molar-refractivity contribution in [2.75, 3.05) is 19.7 Å². The first kappa shape index (κ1) is 13.5. The molecule has 0 heterocycles. The van der Waals surface area contributed by atoms with E-state index < -0.39 is 0 Å². The van der Waals surface area contributed by atoms with Gasteiger partial charge in [0.05, 0.1) is 13.2 Å². The van der Waals surface area contributed by atoms with Crippen LogP contribution in [0.4, 0.5) is 0 Å². The largest absolute Gasteiger partial charge is 0.465 e. The van der Waals surface area contributed by atoms with Crippen molar-refractivity contribution < 1.29 is 9.53 Å². The molecule has 1 rings (SSSR count). The number of nitrogens with zero attached hydrogens (tertiary/aromatic N) is 1. The SMILES string of the molecule is CCOC(=O)CN(CC(C)C)C1CCCC1. The molecule has 0 bridgehead atoms. The molecule has 0 aromatic rings. The van der Waals surface area contributed by atoms with E-state index in [1.165, 1.54) is 25.7 Å². The topological polar surface area (TPSA) is 29.5 Å². The van der Waals surface area contributed by atoms with Crippen LogP contribution in [0.25, 0.3) is 0 Å². The maximum absolute atomic E-state index is 11.5. The standard InChI is InChI=1S/C13H25NO2/c1-4-16-13(15)10-14(9-11(2)3)12-7-5-6-8-12/h11-12H,4-10H2,1-3H3. The third kappa shape index (κ3) is 4.52. The Morgan fingerprint density at radius 1 is 1.38 bits per heavy atom. The van der Waals surface area contributed by atoms with Gasteiger partial charge in [-0.15, -0.1) is 0 Å². The number of hydrogen-bond acceptors (Lipinski definition) is 3. The fourth-order valence-electron chi connectivity index (χ4n) is 2.45. The maximum Gasteiger partial charge on any atom is 0.320 e. The highest BCUT2D eigenvalue weighted by atomic mass is 16.5. The van der Waals surface area contributed by atoms with E-state index in [9.17, 15) is 4.79 Å². The minimum Gasteiger partial charge on any atom is -0.465 e. The zero-order valence-corrected chi connectivity index (χ0v) is 10.9. The van der Waals surface area contributed by atoms with Crippen molar-refractivity contribution in [1.82, 2.24) is 4.90 Å². The first-order chi connectivity index (χ1) is 7.63. The van der Waals surface area contributed by atoms with Gasteiger partial charge in [-0.25, -0.2) is 0 Å². The molecule has 0 spiro atoms. The quantitative estimate of drug-likeness (QED) is 0.653. The Kier molecular flexibility index (Phi) is 5.81. The van der Waals surface area contributed by atoms with Crippen LogP contribution >= 0.6 is 0 Å². The number of carbonyl (C=O) groups excluding carboxylic acids is 1. The third-order valence-electron chi connectivity index (χ3n) is 3.08. The van der Waals surface area contributed by atoms with Gasteiger partial charge in [-0.2, -0.15) is 0 Å². The molecule has 0 amide bonds. The Bertz CT molecular complexity index is 210.